The van der Waals surface area contributed by atoms with Crippen LogP contribution >= 0.6 is 0 Å². The fourth-order valence-electron chi connectivity index (χ4n) is 2.98. The smallest absolute Gasteiger partial charge is 0.331 e. The molecule has 35 heavy (non-hydrogen) atoms. The van der Waals surface area contributed by atoms with Crippen LogP contribution in [0.25, 0.3) is 0 Å². The van der Waals surface area contributed by atoms with Gasteiger partial charge in [0.1, 0.15) is 23.7 Å². The van der Waals surface area contributed by atoms with Gasteiger partial charge in [0.25, 0.3) is 11.5 Å². The van der Waals surface area contributed by atoms with E-state index in [9.17, 15) is 28.0 Å². The van der Waals surface area contributed by atoms with E-state index in [2.05, 4.69) is 0 Å². The fourth-order valence-corrected chi connectivity index (χ4v) is 2.98. The number of rotatable bonds is 5. The number of hydrogen-bond donors (Lipinski definition) is 2. The highest BCUT2D eigenvalue weighted by Gasteiger charge is 2.17. The van der Waals surface area contributed by atoms with Crippen LogP contribution < -0.4 is 16.6 Å². The van der Waals surface area contributed by atoms with Gasteiger partial charge in [-0.1, -0.05) is 49.7 Å². The molecular formula is C25H29F2N3O5. The normalized spacial score (nSPS) is 10.7. The molecule has 10 heteroatoms. The molecule has 0 aliphatic carbocycles. The lowest BCUT2D eigenvalue weighted by Gasteiger charge is -2.15. The Morgan fingerprint density at radius 1 is 1.03 bits per heavy atom. The summed E-state index contributed by atoms with van der Waals surface area (Å²) in [4.78, 5) is 45.1. The third kappa shape index (κ3) is 8.02. The Morgan fingerprint density at radius 2 is 1.60 bits per heavy atom. The van der Waals surface area contributed by atoms with E-state index in [0.29, 0.717) is 0 Å². The first kappa shape index (κ1) is 29.0. The van der Waals surface area contributed by atoms with E-state index in [4.69, 9.17) is 5.11 Å². The quantitative estimate of drug-likeness (QED) is 0.572. The van der Waals surface area contributed by atoms with E-state index in [1.807, 2.05) is 57.3 Å². The van der Waals surface area contributed by atoms with Crippen molar-refractivity contribution < 1.29 is 23.5 Å². The second kappa shape index (κ2) is 13.6. The van der Waals surface area contributed by atoms with E-state index >= 15 is 0 Å². The lowest BCUT2D eigenvalue weighted by Crippen LogP contribution is -2.40. The van der Waals surface area contributed by atoms with Gasteiger partial charge in [0.05, 0.1) is 6.04 Å². The van der Waals surface area contributed by atoms with Gasteiger partial charge in [-0.05, 0) is 31.5 Å². The predicted octanol–water partition coefficient (Wildman–Crippen LogP) is 3.27. The molecule has 2 N–H and O–H groups in total. The molecule has 3 aromatic rings. The first-order valence-corrected chi connectivity index (χ1v) is 10.8. The van der Waals surface area contributed by atoms with E-state index in [0.717, 1.165) is 29.3 Å². The number of halogens is 2. The molecule has 1 unspecified atom stereocenters. The van der Waals surface area contributed by atoms with Crippen molar-refractivity contribution in [3.05, 3.63) is 104 Å². The molecular weight excluding hydrogens is 460 g/mol. The Hall–Kier alpha value is -4.08. The van der Waals surface area contributed by atoms with Gasteiger partial charge in [-0.15, -0.1) is 0 Å². The summed E-state index contributed by atoms with van der Waals surface area (Å²) in [7, 11) is 1.64. The molecule has 0 saturated heterocycles. The summed E-state index contributed by atoms with van der Waals surface area (Å²) in [5.74, 6) is -4.44. The van der Waals surface area contributed by atoms with Gasteiger partial charge >= 0.3 is 11.7 Å². The molecule has 0 fully saturated rings. The molecule has 3 rings (SSSR count). The average Bonchev–Trinajstić information content (AvgIpc) is 2.82. The number of carboxylic acids is 1. The van der Waals surface area contributed by atoms with Gasteiger partial charge in [0.2, 0.25) is 0 Å². The maximum Gasteiger partial charge on any atom is 0.331 e. The molecule has 188 valence electrons. The monoisotopic (exact) mass is 489 g/mol. The molecule has 1 amide bonds. The topological polar surface area (TPSA) is 110 Å². The number of nitrogens with one attached hydrogen (secondary N) is 1. The fraction of sp³-hybridized carbons (Fsp3) is 0.280. The number of carbonyl (C=O) groups excluding carboxylic acids is 1. The van der Waals surface area contributed by atoms with Gasteiger partial charge in [-0.2, -0.15) is 0 Å². The van der Waals surface area contributed by atoms with E-state index in [-0.39, 0.29) is 17.3 Å². The van der Waals surface area contributed by atoms with Crippen LogP contribution in [0.4, 0.5) is 8.78 Å². The van der Waals surface area contributed by atoms with Crippen molar-refractivity contribution in [1.29, 1.82) is 0 Å². The van der Waals surface area contributed by atoms with Crippen molar-refractivity contribution >= 4 is 11.9 Å². The van der Waals surface area contributed by atoms with Crippen molar-refractivity contribution in [1.82, 2.24) is 14.5 Å². The van der Waals surface area contributed by atoms with E-state index in [1.54, 1.807) is 7.05 Å². The summed E-state index contributed by atoms with van der Waals surface area (Å²) in [6, 6.07) is 11.9. The van der Waals surface area contributed by atoms with Crippen LogP contribution in [0.1, 0.15) is 48.3 Å². The molecule has 2 aromatic carbocycles. The van der Waals surface area contributed by atoms with Gasteiger partial charge in [-0.25, -0.2) is 13.6 Å². The van der Waals surface area contributed by atoms with Gasteiger partial charge in [-0.3, -0.25) is 19.0 Å². The molecule has 0 aliphatic heterocycles. The standard InChI is InChI=1S/C14H16N2O2.C9H7F2NO3.C2H6/c1-10-5-4-6-12(9-10)11(2)16-13(17)7-8-15(3)14(16)18;10-5-2-1-3-6(11)8(5)9(15)12-4-7(13)14;1-2/h4-9,11H,1-3H3;1-3H,4H2,(H,12,15)(H,13,14);1-2H3. The number of amides is 1. The minimum atomic E-state index is -1.29. The number of carbonyl (C=O) groups is 2. The zero-order chi connectivity index (χ0) is 26.7. The summed E-state index contributed by atoms with van der Waals surface area (Å²) < 4.78 is 28.6. The van der Waals surface area contributed by atoms with Crippen LogP contribution in [-0.4, -0.2) is 32.7 Å². The minimum Gasteiger partial charge on any atom is -0.480 e. The lowest BCUT2D eigenvalue weighted by molar-refractivity contribution is -0.135. The van der Waals surface area contributed by atoms with Crippen LogP contribution in [0.5, 0.6) is 0 Å². The van der Waals surface area contributed by atoms with Crippen LogP contribution in [0.2, 0.25) is 0 Å². The summed E-state index contributed by atoms with van der Waals surface area (Å²) in [6.07, 6.45) is 1.49. The van der Waals surface area contributed by atoms with Crippen LogP contribution in [-0.2, 0) is 11.8 Å². The van der Waals surface area contributed by atoms with Gasteiger partial charge in [0.15, 0.2) is 0 Å². The lowest BCUT2D eigenvalue weighted by atomic mass is 10.1. The third-order valence-electron chi connectivity index (χ3n) is 4.69. The highest BCUT2D eigenvalue weighted by Crippen LogP contribution is 2.15. The maximum atomic E-state index is 13.0. The molecule has 1 heterocycles. The van der Waals surface area contributed by atoms with Crippen molar-refractivity contribution in [3.8, 4) is 0 Å². The van der Waals surface area contributed by atoms with Crippen molar-refractivity contribution in [2.24, 2.45) is 7.05 Å². The number of nitrogens with zero attached hydrogens (tertiary/aromatic N) is 2. The molecule has 1 atom stereocenters. The van der Waals surface area contributed by atoms with Crippen molar-refractivity contribution in [3.63, 3.8) is 0 Å². The van der Waals surface area contributed by atoms with E-state index < -0.39 is 35.6 Å². The zero-order valence-corrected chi connectivity index (χ0v) is 20.2. The Morgan fingerprint density at radius 3 is 2.14 bits per heavy atom. The highest BCUT2D eigenvalue weighted by atomic mass is 19.1. The van der Waals surface area contributed by atoms with Crippen molar-refractivity contribution in [2.45, 2.75) is 33.7 Å². The molecule has 8 nitrogen and oxygen atoms in total. The summed E-state index contributed by atoms with van der Waals surface area (Å²) >= 11 is 0. The molecule has 1 aromatic heterocycles. The number of carboxylic acid groups (broad SMARTS) is 1. The van der Waals surface area contributed by atoms with Crippen LogP contribution in [0, 0.1) is 18.6 Å². The number of aliphatic carboxylic acids is 1. The second-order valence-corrected chi connectivity index (χ2v) is 7.18. The summed E-state index contributed by atoms with van der Waals surface area (Å²) in [5, 5.41) is 10.1. The number of hydrogen-bond acceptors (Lipinski definition) is 4. The first-order chi connectivity index (χ1) is 16.5. The Kier molecular flexibility index (Phi) is 11.2. The predicted molar refractivity (Wildman–Crippen MR) is 129 cm³/mol. The molecule has 0 bridgehead atoms. The second-order valence-electron chi connectivity index (χ2n) is 7.18. The Labute approximate surface area is 201 Å². The van der Waals surface area contributed by atoms with Crippen molar-refractivity contribution in [2.75, 3.05) is 6.54 Å². The van der Waals surface area contributed by atoms with Gasteiger partial charge in [0, 0.05) is 19.3 Å². The number of aryl methyl sites for hydroxylation is 2. The van der Waals surface area contributed by atoms with Crippen LogP contribution in [0.15, 0.2) is 64.3 Å². The molecule has 0 saturated carbocycles. The maximum absolute atomic E-state index is 13.0. The summed E-state index contributed by atoms with van der Waals surface area (Å²) in [6.45, 7) is 7.16. The summed E-state index contributed by atoms with van der Waals surface area (Å²) in [5.41, 5.74) is 0.725. The van der Waals surface area contributed by atoms with Gasteiger partial charge < -0.3 is 15.0 Å². The average molecular weight is 490 g/mol. The molecule has 0 aliphatic rings. The Bertz CT molecular complexity index is 1260. The largest absolute Gasteiger partial charge is 0.480 e. The minimum absolute atomic E-state index is 0.266. The third-order valence-corrected chi connectivity index (χ3v) is 4.69. The zero-order valence-electron chi connectivity index (χ0n) is 20.2. The number of aromatic nitrogens is 2. The molecule has 0 radical (unpaired) electrons. The number of benzene rings is 2. The SMILES string of the molecule is CC.Cc1cccc(C(C)n2c(=O)ccn(C)c2=O)c1.O=C(O)CNC(=O)c1c(F)cccc1F. The van der Waals surface area contributed by atoms with Crippen LogP contribution in [0.3, 0.4) is 0 Å². The highest BCUT2D eigenvalue weighted by molar-refractivity contribution is 5.96. The molecule has 0 spiro atoms. The van der Waals surface area contributed by atoms with E-state index in [1.165, 1.54) is 21.4 Å². The Balaban J connectivity index is 0.000000332. The first-order valence-electron chi connectivity index (χ1n) is 10.8.